The molecule has 1 heterocycles. The van der Waals surface area contributed by atoms with Gasteiger partial charge < -0.3 is 4.57 Å². The molecule has 0 bridgehead atoms. The molecule has 1 aliphatic rings. The first-order valence-corrected chi connectivity index (χ1v) is 9.09. The Bertz CT molecular complexity index is 755. The third-order valence-electron chi connectivity index (χ3n) is 4.12. The van der Waals surface area contributed by atoms with Gasteiger partial charge in [-0.3, -0.25) is 0 Å². The van der Waals surface area contributed by atoms with Crippen LogP contribution in [0.15, 0.2) is 77.9 Å². The van der Waals surface area contributed by atoms with Crippen LogP contribution in [0, 0.1) is 0 Å². The Morgan fingerprint density at radius 1 is 0.857 bits per heavy atom. The van der Waals surface area contributed by atoms with Crippen LogP contribution in [0.3, 0.4) is 0 Å². The van der Waals surface area contributed by atoms with Gasteiger partial charge in [0.25, 0.3) is 0 Å². The number of hydrogen-bond acceptors (Lipinski definition) is 1. The average molecular weight is 294 g/mol. The number of allylic oxidation sites excluding steroid dienone is 3. The number of rotatable bonds is 2. The first-order valence-electron chi connectivity index (χ1n) is 7.20. The van der Waals surface area contributed by atoms with Crippen molar-refractivity contribution in [1.82, 2.24) is 0 Å². The molecule has 1 nitrogen and oxygen atoms in total. The lowest BCUT2D eigenvalue weighted by atomic mass is 10.1. The molecule has 0 amide bonds. The van der Waals surface area contributed by atoms with Crippen LogP contribution in [0.1, 0.15) is 19.4 Å². The summed E-state index contributed by atoms with van der Waals surface area (Å²) in [5.41, 5.74) is 3.52. The first kappa shape index (κ1) is 14.1. The van der Waals surface area contributed by atoms with E-state index in [1.54, 1.807) is 0 Å². The summed E-state index contributed by atoms with van der Waals surface area (Å²) >= 11 is 0. The van der Waals surface area contributed by atoms with Crippen LogP contribution in [-0.4, -0.2) is 6.16 Å². The minimum absolute atomic E-state index is 0.642. The smallest absolute Gasteiger partial charge is 0.147 e. The van der Waals surface area contributed by atoms with E-state index < -0.39 is 7.14 Å². The second kappa shape index (κ2) is 5.50. The van der Waals surface area contributed by atoms with E-state index in [0.29, 0.717) is 6.16 Å². The molecule has 3 rings (SSSR count). The summed E-state index contributed by atoms with van der Waals surface area (Å²) in [7, 11) is -2.59. The Balaban J connectivity index is 2.21. The van der Waals surface area contributed by atoms with Gasteiger partial charge in [-0.2, -0.15) is 0 Å². The molecule has 0 spiro atoms. The molecule has 0 saturated carbocycles. The summed E-state index contributed by atoms with van der Waals surface area (Å²) in [5, 5.41) is 1.93. The summed E-state index contributed by atoms with van der Waals surface area (Å²) in [6.45, 7) is 4.19. The zero-order valence-electron chi connectivity index (χ0n) is 12.4. The van der Waals surface area contributed by atoms with E-state index in [9.17, 15) is 4.57 Å². The van der Waals surface area contributed by atoms with Crippen molar-refractivity contribution in [1.29, 1.82) is 0 Å². The van der Waals surface area contributed by atoms with Crippen molar-refractivity contribution in [2.45, 2.75) is 13.8 Å². The van der Waals surface area contributed by atoms with Crippen LogP contribution in [0.2, 0.25) is 0 Å². The van der Waals surface area contributed by atoms with Gasteiger partial charge >= 0.3 is 0 Å². The maximum absolute atomic E-state index is 13.8. The molecule has 1 aliphatic heterocycles. The summed E-state index contributed by atoms with van der Waals surface area (Å²) in [6.07, 6.45) is 2.76. The van der Waals surface area contributed by atoms with E-state index in [1.807, 2.05) is 48.5 Å². The topological polar surface area (TPSA) is 17.1 Å². The van der Waals surface area contributed by atoms with Gasteiger partial charge in [0.1, 0.15) is 7.14 Å². The van der Waals surface area contributed by atoms with Crippen molar-refractivity contribution in [2.75, 3.05) is 6.16 Å². The van der Waals surface area contributed by atoms with Gasteiger partial charge in [-0.1, -0.05) is 71.8 Å². The molecule has 0 radical (unpaired) electrons. The van der Waals surface area contributed by atoms with Crippen LogP contribution in [0.4, 0.5) is 0 Å². The molecule has 2 heteroatoms. The zero-order valence-corrected chi connectivity index (χ0v) is 13.3. The fourth-order valence-corrected chi connectivity index (χ4v) is 5.95. The van der Waals surface area contributed by atoms with Crippen LogP contribution in [0.25, 0.3) is 5.31 Å². The molecule has 0 saturated heterocycles. The van der Waals surface area contributed by atoms with Crippen LogP contribution in [-0.2, 0) is 4.57 Å². The quantitative estimate of drug-likeness (QED) is 0.707. The largest absolute Gasteiger partial charge is 0.313 e. The molecule has 1 unspecified atom stereocenters. The lowest BCUT2D eigenvalue weighted by Crippen LogP contribution is -2.13. The summed E-state index contributed by atoms with van der Waals surface area (Å²) in [6, 6.07) is 20.0. The van der Waals surface area contributed by atoms with Crippen molar-refractivity contribution >= 4 is 17.8 Å². The van der Waals surface area contributed by atoms with Crippen molar-refractivity contribution in [3.8, 4) is 0 Å². The van der Waals surface area contributed by atoms with Crippen molar-refractivity contribution in [2.24, 2.45) is 0 Å². The molecule has 21 heavy (non-hydrogen) atoms. The molecule has 0 fully saturated rings. The van der Waals surface area contributed by atoms with Crippen LogP contribution in [0.5, 0.6) is 0 Å². The molecule has 0 N–H and O–H groups in total. The number of benzene rings is 2. The van der Waals surface area contributed by atoms with E-state index in [4.69, 9.17) is 0 Å². The summed E-state index contributed by atoms with van der Waals surface area (Å²) in [4.78, 5) is 0. The van der Waals surface area contributed by atoms with E-state index in [0.717, 1.165) is 16.2 Å². The standard InChI is InChI=1S/C19H19OP/c1-15-13-19(17-9-5-3-6-10-17)21(20,14-16(15)2)18-11-7-4-8-12-18/h3-13H,14H2,1-2H3. The molecule has 2 aromatic carbocycles. The Kier molecular flexibility index (Phi) is 3.69. The first-order chi connectivity index (χ1) is 10.1. The number of hydrogen-bond donors (Lipinski definition) is 0. The maximum atomic E-state index is 13.8. The predicted octanol–water partition coefficient (Wildman–Crippen LogP) is 5.07. The Labute approximate surface area is 126 Å². The highest BCUT2D eigenvalue weighted by atomic mass is 31.2. The lowest BCUT2D eigenvalue weighted by Gasteiger charge is -2.27. The van der Waals surface area contributed by atoms with E-state index in [2.05, 4.69) is 32.1 Å². The SMILES string of the molecule is CC1=C(C)CP(=O)(c2ccccc2)C(c2ccccc2)=C1. The van der Waals surface area contributed by atoms with E-state index in [-0.39, 0.29) is 0 Å². The van der Waals surface area contributed by atoms with E-state index >= 15 is 0 Å². The van der Waals surface area contributed by atoms with E-state index in [1.165, 1.54) is 11.1 Å². The second-order valence-corrected chi connectivity index (χ2v) is 8.39. The molecule has 1 atom stereocenters. The minimum Gasteiger partial charge on any atom is -0.313 e. The third kappa shape index (κ3) is 2.54. The zero-order chi connectivity index (χ0) is 14.9. The molecular formula is C19H19OP. The third-order valence-corrected chi connectivity index (χ3v) is 7.34. The van der Waals surface area contributed by atoms with Gasteiger partial charge in [0.2, 0.25) is 0 Å². The molecule has 106 valence electrons. The highest BCUT2D eigenvalue weighted by Gasteiger charge is 2.33. The normalized spacial score (nSPS) is 22.1. The predicted molar refractivity (Wildman–Crippen MR) is 91.3 cm³/mol. The fraction of sp³-hybridized carbons (Fsp3) is 0.158. The average Bonchev–Trinajstić information content (AvgIpc) is 2.53. The summed E-state index contributed by atoms with van der Waals surface area (Å²) < 4.78 is 13.8. The maximum Gasteiger partial charge on any atom is 0.147 e. The van der Waals surface area contributed by atoms with Gasteiger partial charge in [-0.25, -0.2) is 0 Å². The highest BCUT2D eigenvalue weighted by Crippen LogP contribution is 2.61. The van der Waals surface area contributed by atoms with Gasteiger partial charge in [0.05, 0.1) is 0 Å². The van der Waals surface area contributed by atoms with Gasteiger partial charge in [-0.05, 0) is 25.5 Å². The second-order valence-electron chi connectivity index (χ2n) is 5.59. The molecule has 2 aromatic rings. The molecular weight excluding hydrogens is 275 g/mol. The van der Waals surface area contributed by atoms with Crippen molar-refractivity contribution < 1.29 is 4.57 Å². The Morgan fingerprint density at radius 2 is 1.43 bits per heavy atom. The highest BCUT2D eigenvalue weighted by molar-refractivity contribution is 7.81. The van der Waals surface area contributed by atoms with Crippen molar-refractivity contribution in [3.63, 3.8) is 0 Å². The van der Waals surface area contributed by atoms with Gasteiger partial charge in [0.15, 0.2) is 0 Å². The van der Waals surface area contributed by atoms with Crippen LogP contribution < -0.4 is 5.30 Å². The minimum atomic E-state index is -2.59. The monoisotopic (exact) mass is 294 g/mol. The Hall–Kier alpha value is -1.85. The molecule has 0 aliphatic carbocycles. The molecule has 0 aromatic heterocycles. The lowest BCUT2D eigenvalue weighted by molar-refractivity contribution is 0.588. The fourth-order valence-electron chi connectivity index (χ4n) is 2.78. The van der Waals surface area contributed by atoms with Crippen LogP contribution >= 0.6 is 7.14 Å². The van der Waals surface area contributed by atoms with Gasteiger partial charge in [-0.15, -0.1) is 0 Å². The van der Waals surface area contributed by atoms with Crippen molar-refractivity contribution in [3.05, 3.63) is 83.4 Å². The Morgan fingerprint density at radius 3 is 2.05 bits per heavy atom. The van der Waals surface area contributed by atoms with Gasteiger partial charge in [0, 0.05) is 16.8 Å². The summed E-state index contributed by atoms with van der Waals surface area (Å²) in [5.74, 6) is 0.